The number of nitrogens with one attached hydrogen (secondary N) is 1. The molecule has 1 fully saturated rings. The summed E-state index contributed by atoms with van der Waals surface area (Å²) in [6.07, 6.45) is 2.30. The second-order valence-electron chi connectivity index (χ2n) is 4.92. The van der Waals surface area contributed by atoms with Crippen molar-refractivity contribution >= 4 is 23.2 Å². The number of hydrogen-bond acceptors (Lipinski definition) is 3. The molecule has 0 aromatic carbocycles. The van der Waals surface area contributed by atoms with E-state index in [1.165, 1.54) is 6.07 Å². The molecule has 0 radical (unpaired) electrons. The van der Waals surface area contributed by atoms with Crippen molar-refractivity contribution in [2.45, 2.75) is 32.2 Å². The number of amides is 1. The van der Waals surface area contributed by atoms with Crippen molar-refractivity contribution in [3.8, 4) is 0 Å². The Morgan fingerprint density at radius 3 is 2.41 bits per heavy atom. The van der Waals surface area contributed by atoms with Crippen molar-refractivity contribution in [2.75, 3.05) is 0 Å². The van der Waals surface area contributed by atoms with Crippen molar-refractivity contribution in [3.63, 3.8) is 0 Å². The van der Waals surface area contributed by atoms with Crippen LogP contribution in [0, 0.1) is 5.92 Å². The van der Waals surface area contributed by atoms with E-state index >= 15 is 0 Å². The van der Waals surface area contributed by atoms with Crippen molar-refractivity contribution in [3.05, 3.63) is 21.9 Å². The van der Waals surface area contributed by atoms with Gasteiger partial charge in [-0.25, -0.2) is 4.79 Å². The highest BCUT2D eigenvalue weighted by atomic mass is 32.1. The number of hydrogen-bond donors (Lipinski definition) is 2. The van der Waals surface area contributed by atoms with Crippen molar-refractivity contribution in [1.82, 2.24) is 5.32 Å². The number of carbonyl (C=O) groups excluding carboxylic acids is 1. The standard InChI is InChI=1S/C12H15NO3S/c1-12(2,7-3-4-7)13-10(14)8-5-6-9(17-8)11(15)16/h5-7H,3-4H2,1-2H3,(H,13,14)(H,15,16). The Hall–Kier alpha value is -1.36. The van der Waals surface area contributed by atoms with Crippen molar-refractivity contribution in [2.24, 2.45) is 5.92 Å². The van der Waals surface area contributed by atoms with Crippen LogP contribution in [0.4, 0.5) is 0 Å². The molecule has 1 saturated carbocycles. The number of rotatable bonds is 4. The smallest absolute Gasteiger partial charge is 0.345 e. The summed E-state index contributed by atoms with van der Waals surface area (Å²) >= 11 is 1.01. The Bertz CT molecular complexity index is 460. The average Bonchev–Trinajstić information content (AvgIpc) is 2.95. The van der Waals surface area contributed by atoms with Crippen LogP contribution in [0.3, 0.4) is 0 Å². The van der Waals surface area contributed by atoms with Crippen LogP contribution >= 0.6 is 11.3 Å². The third-order valence-corrected chi connectivity index (χ3v) is 4.15. The first-order valence-corrected chi connectivity index (χ1v) is 6.37. The Labute approximate surface area is 104 Å². The van der Waals surface area contributed by atoms with Gasteiger partial charge in [-0.15, -0.1) is 11.3 Å². The highest BCUT2D eigenvalue weighted by Crippen LogP contribution is 2.39. The van der Waals surface area contributed by atoms with Gasteiger partial charge in [-0.1, -0.05) is 0 Å². The fourth-order valence-electron chi connectivity index (χ4n) is 1.84. The molecule has 0 bridgehead atoms. The van der Waals surface area contributed by atoms with E-state index in [-0.39, 0.29) is 16.3 Å². The van der Waals surface area contributed by atoms with Gasteiger partial charge in [0.15, 0.2) is 0 Å². The monoisotopic (exact) mass is 253 g/mol. The Balaban J connectivity index is 2.06. The average molecular weight is 253 g/mol. The highest BCUT2D eigenvalue weighted by Gasteiger charge is 2.39. The lowest BCUT2D eigenvalue weighted by Crippen LogP contribution is -2.44. The fraction of sp³-hybridized carbons (Fsp3) is 0.500. The summed E-state index contributed by atoms with van der Waals surface area (Å²) in [4.78, 5) is 23.3. The summed E-state index contributed by atoms with van der Waals surface area (Å²) in [7, 11) is 0. The third kappa shape index (κ3) is 2.66. The molecular weight excluding hydrogens is 238 g/mol. The minimum atomic E-state index is -0.990. The maximum absolute atomic E-state index is 11.9. The quantitative estimate of drug-likeness (QED) is 0.865. The van der Waals surface area contributed by atoms with E-state index in [1.807, 2.05) is 13.8 Å². The third-order valence-electron chi connectivity index (χ3n) is 3.07. The van der Waals surface area contributed by atoms with Crippen LogP contribution in [0.2, 0.25) is 0 Å². The van der Waals surface area contributed by atoms with Gasteiger partial charge in [0.1, 0.15) is 4.88 Å². The Kier molecular flexibility index (Phi) is 2.95. The zero-order chi connectivity index (χ0) is 12.6. The number of thiophene rings is 1. The predicted octanol–water partition coefficient (Wildman–Crippen LogP) is 2.36. The predicted molar refractivity (Wildman–Crippen MR) is 65.5 cm³/mol. The maximum Gasteiger partial charge on any atom is 0.345 e. The van der Waals surface area contributed by atoms with Crippen molar-refractivity contribution in [1.29, 1.82) is 0 Å². The van der Waals surface area contributed by atoms with Gasteiger partial charge in [-0.05, 0) is 44.7 Å². The van der Waals surface area contributed by atoms with Gasteiger partial charge >= 0.3 is 5.97 Å². The second kappa shape index (κ2) is 4.14. The minimum Gasteiger partial charge on any atom is -0.477 e. The van der Waals surface area contributed by atoms with E-state index in [9.17, 15) is 9.59 Å². The summed E-state index contributed by atoms with van der Waals surface area (Å²) in [5.74, 6) is -0.625. The molecule has 92 valence electrons. The largest absolute Gasteiger partial charge is 0.477 e. The topological polar surface area (TPSA) is 66.4 Å². The van der Waals surface area contributed by atoms with Crippen LogP contribution in [0.25, 0.3) is 0 Å². The summed E-state index contributed by atoms with van der Waals surface area (Å²) in [5, 5.41) is 11.8. The normalized spacial score (nSPS) is 15.6. The van der Waals surface area contributed by atoms with Gasteiger partial charge in [-0.2, -0.15) is 0 Å². The van der Waals surface area contributed by atoms with Gasteiger partial charge in [0.25, 0.3) is 5.91 Å². The van der Waals surface area contributed by atoms with Crippen LogP contribution in [0.15, 0.2) is 12.1 Å². The minimum absolute atomic E-state index is 0.181. The van der Waals surface area contributed by atoms with E-state index in [0.717, 1.165) is 24.2 Å². The number of carbonyl (C=O) groups is 2. The number of aromatic carboxylic acids is 1. The molecule has 0 saturated heterocycles. The molecule has 0 unspecified atom stereocenters. The lowest BCUT2D eigenvalue weighted by molar-refractivity contribution is 0.0702. The van der Waals surface area contributed by atoms with E-state index in [1.54, 1.807) is 6.07 Å². The molecule has 2 N–H and O–H groups in total. The molecule has 0 spiro atoms. The SMILES string of the molecule is CC(C)(NC(=O)c1ccc(C(=O)O)s1)C1CC1. The zero-order valence-corrected chi connectivity index (χ0v) is 10.6. The molecule has 4 nitrogen and oxygen atoms in total. The van der Waals surface area contributed by atoms with Crippen LogP contribution < -0.4 is 5.32 Å². The second-order valence-corrected chi connectivity index (χ2v) is 6.00. The molecule has 0 atom stereocenters. The summed E-state index contributed by atoms with van der Waals surface area (Å²) in [6.45, 7) is 4.02. The first kappa shape index (κ1) is 12.1. The Morgan fingerprint density at radius 2 is 1.94 bits per heavy atom. The first-order chi connectivity index (χ1) is 7.90. The summed E-state index contributed by atoms with van der Waals surface area (Å²) in [6, 6.07) is 3.03. The van der Waals surface area contributed by atoms with Crippen LogP contribution in [-0.2, 0) is 0 Å². The summed E-state index contributed by atoms with van der Waals surface area (Å²) in [5.41, 5.74) is -0.204. The highest BCUT2D eigenvalue weighted by molar-refractivity contribution is 7.15. The Morgan fingerprint density at radius 1 is 1.35 bits per heavy atom. The number of carboxylic acids is 1. The first-order valence-electron chi connectivity index (χ1n) is 5.56. The van der Waals surface area contributed by atoms with Gasteiger partial charge in [0, 0.05) is 5.54 Å². The molecule has 1 aliphatic carbocycles. The molecule has 2 rings (SSSR count). The maximum atomic E-state index is 11.9. The van der Waals surface area contributed by atoms with Crippen LogP contribution in [0.1, 0.15) is 46.0 Å². The van der Waals surface area contributed by atoms with Crippen molar-refractivity contribution < 1.29 is 14.7 Å². The van der Waals surface area contributed by atoms with E-state index in [2.05, 4.69) is 5.32 Å². The van der Waals surface area contributed by atoms with Gasteiger partial charge < -0.3 is 10.4 Å². The number of carboxylic acid groups (broad SMARTS) is 1. The summed E-state index contributed by atoms with van der Waals surface area (Å²) < 4.78 is 0. The van der Waals surface area contributed by atoms with E-state index in [0.29, 0.717) is 10.8 Å². The van der Waals surface area contributed by atoms with Crippen LogP contribution in [0.5, 0.6) is 0 Å². The molecule has 1 amide bonds. The van der Waals surface area contributed by atoms with E-state index < -0.39 is 5.97 Å². The lowest BCUT2D eigenvalue weighted by Gasteiger charge is -2.25. The lowest BCUT2D eigenvalue weighted by atomic mass is 9.99. The molecular formula is C12H15NO3S. The fourth-order valence-corrected chi connectivity index (χ4v) is 2.58. The van der Waals surface area contributed by atoms with E-state index in [4.69, 9.17) is 5.11 Å². The van der Waals surface area contributed by atoms with Gasteiger partial charge in [0.2, 0.25) is 0 Å². The molecule has 1 aliphatic rings. The molecule has 1 aromatic rings. The molecule has 17 heavy (non-hydrogen) atoms. The van der Waals surface area contributed by atoms with Crippen LogP contribution in [-0.4, -0.2) is 22.5 Å². The molecule has 1 aromatic heterocycles. The molecule has 5 heteroatoms. The van der Waals surface area contributed by atoms with Gasteiger partial charge in [-0.3, -0.25) is 4.79 Å². The molecule has 1 heterocycles. The van der Waals surface area contributed by atoms with Gasteiger partial charge in [0.05, 0.1) is 4.88 Å². The zero-order valence-electron chi connectivity index (χ0n) is 9.82. The molecule has 0 aliphatic heterocycles.